The second-order valence-electron chi connectivity index (χ2n) is 4.95. The first-order valence-electron chi connectivity index (χ1n) is 6.39. The van der Waals surface area contributed by atoms with Crippen LogP contribution < -0.4 is 5.32 Å². The Balaban J connectivity index is 1.80. The highest BCUT2D eigenvalue weighted by Crippen LogP contribution is 2.36. The third-order valence-electron chi connectivity index (χ3n) is 3.38. The minimum atomic E-state index is -0.0485. The van der Waals surface area contributed by atoms with Crippen LogP contribution in [0, 0.1) is 6.92 Å². The highest BCUT2D eigenvalue weighted by Gasteiger charge is 2.26. The summed E-state index contributed by atoms with van der Waals surface area (Å²) in [5.74, 6) is -0.0485. The van der Waals surface area contributed by atoms with Gasteiger partial charge in [0.15, 0.2) is 0 Å². The molecule has 2 aromatic rings. The summed E-state index contributed by atoms with van der Waals surface area (Å²) in [6.45, 7) is 2.02. The second-order valence-corrected chi connectivity index (χ2v) is 5.80. The first kappa shape index (κ1) is 12.5. The first-order valence-corrected chi connectivity index (χ1v) is 7.19. The molecule has 1 saturated carbocycles. The number of hydrogen-bond acceptors (Lipinski definition) is 1. The number of rotatable bonds is 3. The Kier molecular flexibility index (Phi) is 3.19. The van der Waals surface area contributed by atoms with E-state index in [4.69, 9.17) is 0 Å². The Morgan fingerprint density at radius 3 is 2.84 bits per heavy atom. The third kappa shape index (κ3) is 2.59. The molecule has 1 heterocycles. The van der Waals surface area contributed by atoms with E-state index in [1.165, 1.54) is 12.8 Å². The summed E-state index contributed by atoms with van der Waals surface area (Å²) in [4.78, 5) is 12.3. The Morgan fingerprint density at radius 1 is 1.37 bits per heavy atom. The highest BCUT2D eigenvalue weighted by molar-refractivity contribution is 9.10. The van der Waals surface area contributed by atoms with Crippen molar-refractivity contribution >= 4 is 27.5 Å². The fourth-order valence-corrected chi connectivity index (χ4v) is 2.50. The van der Waals surface area contributed by atoms with Gasteiger partial charge in [0.25, 0.3) is 5.91 Å². The molecule has 1 aliphatic rings. The van der Waals surface area contributed by atoms with Gasteiger partial charge in [0.2, 0.25) is 0 Å². The Hall–Kier alpha value is -1.55. The average molecular weight is 319 g/mol. The van der Waals surface area contributed by atoms with Gasteiger partial charge >= 0.3 is 0 Å². The lowest BCUT2D eigenvalue weighted by molar-refractivity contribution is 0.101. The summed E-state index contributed by atoms with van der Waals surface area (Å²) in [5, 5.41) is 2.95. The van der Waals surface area contributed by atoms with Gasteiger partial charge in [-0.1, -0.05) is 22.0 Å². The second kappa shape index (κ2) is 4.85. The molecule has 1 aliphatic carbocycles. The number of amides is 1. The average Bonchev–Trinajstić information content (AvgIpc) is 3.11. The highest BCUT2D eigenvalue weighted by atomic mass is 79.9. The van der Waals surface area contributed by atoms with E-state index in [9.17, 15) is 4.79 Å². The van der Waals surface area contributed by atoms with Gasteiger partial charge in [-0.25, -0.2) is 0 Å². The maximum Gasteiger partial charge on any atom is 0.272 e. The lowest BCUT2D eigenvalue weighted by Gasteiger charge is -2.09. The van der Waals surface area contributed by atoms with Crippen molar-refractivity contribution in [2.75, 3.05) is 5.32 Å². The monoisotopic (exact) mass is 318 g/mol. The fourth-order valence-electron chi connectivity index (χ4n) is 2.12. The summed E-state index contributed by atoms with van der Waals surface area (Å²) in [6.07, 6.45) is 4.33. The van der Waals surface area contributed by atoms with E-state index in [-0.39, 0.29) is 5.91 Å². The molecule has 98 valence electrons. The number of carbonyl (C=O) groups is 1. The van der Waals surface area contributed by atoms with Crippen molar-refractivity contribution in [1.29, 1.82) is 0 Å². The van der Waals surface area contributed by atoms with Gasteiger partial charge in [-0.15, -0.1) is 0 Å². The first-order chi connectivity index (χ1) is 9.15. The zero-order chi connectivity index (χ0) is 13.4. The molecule has 0 saturated heterocycles. The van der Waals surface area contributed by atoms with Gasteiger partial charge in [-0.2, -0.15) is 0 Å². The van der Waals surface area contributed by atoms with E-state index >= 15 is 0 Å². The molecular weight excluding hydrogens is 304 g/mol. The van der Waals surface area contributed by atoms with Crippen molar-refractivity contribution < 1.29 is 4.79 Å². The van der Waals surface area contributed by atoms with Crippen molar-refractivity contribution in [3.8, 4) is 0 Å². The smallest absolute Gasteiger partial charge is 0.272 e. The summed E-state index contributed by atoms with van der Waals surface area (Å²) >= 11 is 3.48. The van der Waals surface area contributed by atoms with Crippen LogP contribution in [0.2, 0.25) is 0 Å². The summed E-state index contributed by atoms with van der Waals surface area (Å²) in [7, 11) is 0. The molecule has 19 heavy (non-hydrogen) atoms. The van der Waals surface area contributed by atoms with Crippen molar-refractivity contribution in [3.05, 3.63) is 52.3 Å². The molecule has 1 fully saturated rings. The Morgan fingerprint density at radius 2 is 2.16 bits per heavy atom. The van der Waals surface area contributed by atoms with Gasteiger partial charge in [0.05, 0.1) is 0 Å². The van der Waals surface area contributed by atoms with E-state index in [0.717, 1.165) is 21.4 Å². The van der Waals surface area contributed by atoms with E-state index < -0.39 is 0 Å². The molecule has 1 aromatic heterocycles. The van der Waals surface area contributed by atoms with Crippen LogP contribution in [0.25, 0.3) is 0 Å². The predicted molar refractivity (Wildman–Crippen MR) is 79.5 cm³/mol. The van der Waals surface area contributed by atoms with Gasteiger partial charge < -0.3 is 9.88 Å². The van der Waals surface area contributed by atoms with Crippen LogP contribution in [-0.4, -0.2) is 10.5 Å². The number of aromatic nitrogens is 1. The molecule has 1 N–H and O–H groups in total. The number of carbonyl (C=O) groups excluding carboxylic acids is 1. The zero-order valence-electron chi connectivity index (χ0n) is 10.7. The molecule has 0 bridgehead atoms. The SMILES string of the molecule is Cc1ccc(NC(=O)c2cccn2C2CC2)cc1Br. The number of aryl methyl sites for hydroxylation is 1. The minimum Gasteiger partial charge on any atom is -0.340 e. The van der Waals surface area contributed by atoms with Gasteiger partial charge in [-0.3, -0.25) is 4.79 Å². The number of anilines is 1. The molecule has 4 heteroatoms. The molecule has 1 aromatic carbocycles. The topological polar surface area (TPSA) is 34.0 Å². The zero-order valence-corrected chi connectivity index (χ0v) is 12.3. The van der Waals surface area contributed by atoms with Crippen LogP contribution in [0.5, 0.6) is 0 Å². The van der Waals surface area contributed by atoms with Gasteiger partial charge in [0.1, 0.15) is 5.69 Å². The maximum atomic E-state index is 12.3. The normalized spacial score (nSPS) is 14.4. The van der Waals surface area contributed by atoms with Crippen LogP contribution in [0.3, 0.4) is 0 Å². The molecule has 0 atom stereocenters. The molecule has 0 radical (unpaired) electrons. The van der Waals surface area contributed by atoms with E-state index in [1.54, 1.807) is 0 Å². The Labute approximate surface area is 120 Å². The van der Waals surface area contributed by atoms with Crippen LogP contribution in [0.1, 0.15) is 34.9 Å². The van der Waals surface area contributed by atoms with Crippen molar-refractivity contribution in [3.63, 3.8) is 0 Å². The molecule has 0 unspecified atom stereocenters. The standard InChI is InChI=1S/C15H15BrN2O/c1-10-4-5-11(9-13(10)16)17-15(19)14-3-2-8-18(14)12-6-7-12/h2-5,8-9,12H,6-7H2,1H3,(H,17,19). The Bertz CT molecular complexity index is 629. The largest absolute Gasteiger partial charge is 0.340 e. The van der Waals surface area contributed by atoms with Crippen LogP contribution >= 0.6 is 15.9 Å². The van der Waals surface area contributed by atoms with Crippen molar-refractivity contribution in [2.24, 2.45) is 0 Å². The van der Waals surface area contributed by atoms with Gasteiger partial charge in [-0.05, 0) is 49.6 Å². The molecule has 3 rings (SSSR count). The summed E-state index contributed by atoms with van der Waals surface area (Å²) in [5.41, 5.74) is 2.70. The van der Waals surface area contributed by atoms with E-state index in [1.807, 2.05) is 43.5 Å². The van der Waals surface area contributed by atoms with E-state index in [0.29, 0.717) is 6.04 Å². The van der Waals surface area contributed by atoms with Crippen LogP contribution in [0.15, 0.2) is 41.0 Å². The van der Waals surface area contributed by atoms with Crippen molar-refractivity contribution in [2.45, 2.75) is 25.8 Å². The number of hydrogen-bond donors (Lipinski definition) is 1. The van der Waals surface area contributed by atoms with Crippen molar-refractivity contribution in [1.82, 2.24) is 4.57 Å². The van der Waals surface area contributed by atoms with Gasteiger partial charge in [0, 0.05) is 22.4 Å². The number of nitrogens with one attached hydrogen (secondary N) is 1. The third-order valence-corrected chi connectivity index (χ3v) is 4.24. The molecule has 0 aliphatic heterocycles. The van der Waals surface area contributed by atoms with E-state index in [2.05, 4.69) is 25.8 Å². The predicted octanol–water partition coefficient (Wildman–Crippen LogP) is 4.15. The number of nitrogens with zero attached hydrogens (tertiary/aromatic N) is 1. The minimum absolute atomic E-state index is 0.0485. The quantitative estimate of drug-likeness (QED) is 0.906. The number of benzene rings is 1. The number of halogens is 1. The lowest BCUT2D eigenvalue weighted by Crippen LogP contribution is -2.16. The molecule has 1 amide bonds. The lowest BCUT2D eigenvalue weighted by atomic mass is 10.2. The van der Waals surface area contributed by atoms with Crippen LogP contribution in [0.4, 0.5) is 5.69 Å². The molecular formula is C15H15BrN2O. The van der Waals surface area contributed by atoms with Crippen LogP contribution in [-0.2, 0) is 0 Å². The molecule has 3 nitrogen and oxygen atoms in total. The maximum absolute atomic E-state index is 12.3. The summed E-state index contributed by atoms with van der Waals surface area (Å²) in [6, 6.07) is 10.1. The summed E-state index contributed by atoms with van der Waals surface area (Å²) < 4.78 is 3.07. The molecule has 0 spiro atoms. The fraction of sp³-hybridized carbons (Fsp3) is 0.267.